The van der Waals surface area contributed by atoms with Crippen LogP contribution in [-0.2, 0) is 4.74 Å². The van der Waals surface area contributed by atoms with E-state index < -0.39 is 12.1 Å². The first kappa shape index (κ1) is 8.88. The molecule has 0 aliphatic carbocycles. The van der Waals surface area contributed by atoms with Gasteiger partial charge in [0.05, 0.1) is 13.2 Å². The molecule has 0 saturated carbocycles. The molecule has 1 aromatic heterocycles. The molecule has 2 heterocycles. The number of nitrogens with zero attached hydrogens (tertiary/aromatic N) is 4. The Labute approximate surface area is 78.9 Å². The molecule has 1 aliphatic rings. The van der Waals surface area contributed by atoms with Crippen LogP contribution in [0.15, 0.2) is 0 Å². The summed E-state index contributed by atoms with van der Waals surface area (Å²) >= 11 is 0. The van der Waals surface area contributed by atoms with Gasteiger partial charge < -0.3 is 9.84 Å². The number of rotatable bonds is 1. The van der Waals surface area contributed by atoms with Gasteiger partial charge in [0.25, 0.3) is 0 Å². The highest BCUT2D eigenvalue weighted by Crippen LogP contribution is 2.19. The average molecular weight is 199 g/mol. The van der Waals surface area contributed by atoms with E-state index in [0.29, 0.717) is 19.0 Å². The quantitative estimate of drug-likeness (QED) is 0.616. The van der Waals surface area contributed by atoms with Crippen LogP contribution in [-0.4, -0.2) is 56.5 Å². The van der Waals surface area contributed by atoms with E-state index >= 15 is 0 Å². The molecule has 1 atom stereocenters. The van der Waals surface area contributed by atoms with Crippen molar-refractivity contribution in [1.82, 2.24) is 25.5 Å². The number of H-pyrrole nitrogens is 1. The van der Waals surface area contributed by atoms with Crippen molar-refractivity contribution in [2.75, 3.05) is 19.8 Å². The molecule has 76 valence electrons. The zero-order valence-electron chi connectivity index (χ0n) is 7.25. The zero-order valence-corrected chi connectivity index (χ0v) is 7.25. The first-order chi connectivity index (χ1) is 6.79. The van der Waals surface area contributed by atoms with Gasteiger partial charge in [0.2, 0.25) is 0 Å². The van der Waals surface area contributed by atoms with Gasteiger partial charge in [0, 0.05) is 6.54 Å². The number of aromatic nitrogens is 4. The number of nitrogens with one attached hydrogen (secondary N) is 1. The van der Waals surface area contributed by atoms with Gasteiger partial charge in [-0.3, -0.25) is 4.90 Å². The van der Waals surface area contributed by atoms with Gasteiger partial charge in [0.15, 0.2) is 5.82 Å². The highest BCUT2D eigenvalue weighted by atomic mass is 16.5. The molecule has 0 spiro atoms. The summed E-state index contributed by atoms with van der Waals surface area (Å²) in [6.45, 7) is 1.00. The Balaban J connectivity index is 2.18. The number of ether oxygens (including phenoxy) is 1. The molecule has 1 unspecified atom stereocenters. The van der Waals surface area contributed by atoms with Gasteiger partial charge in [-0.15, -0.1) is 10.2 Å². The Morgan fingerprint density at radius 3 is 3.21 bits per heavy atom. The normalized spacial score (nSPS) is 22.3. The number of amides is 1. The average Bonchev–Trinajstić information content (AvgIpc) is 2.70. The maximum Gasteiger partial charge on any atom is 0.408 e. The van der Waals surface area contributed by atoms with Crippen molar-refractivity contribution in [3.8, 4) is 0 Å². The summed E-state index contributed by atoms with van der Waals surface area (Å²) in [6, 6.07) is -0.458. The maximum absolute atomic E-state index is 10.8. The van der Waals surface area contributed by atoms with Crippen molar-refractivity contribution in [3.63, 3.8) is 0 Å². The third-order valence-corrected chi connectivity index (χ3v) is 2.03. The van der Waals surface area contributed by atoms with Gasteiger partial charge in [-0.1, -0.05) is 5.21 Å². The Bertz CT molecular complexity index is 313. The second-order valence-electron chi connectivity index (χ2n) is 2.84. The predicted octanol–water partition coefficient (Wildman–Crippen LogP) is -0.749. The fraction of sp³-hybridized carbons (Fsp3) is 0.667. The Morgan fingerprint density at radius 2 is 2.57 bits per heavy atom. The van der Waals surface area contributed by atoms with E-state index in [9.17, 15) is 4.79 Å². The highest BCUT2D eigenvalue weighted by molar-refractivity contribution is 5.65. The first-order valence-electron chi connectivity index (χ1n) is 4.09. The number of hydrogen-bond acceptors (Lipinski definition) is 5. The summed E-state index contributed by atoms with van der Waals surface area (Å²) in [5, 5.41) is 22.0. The second kappa shape index (κ2) is 3.58. The van der Waals surface area contributed by atoms with Crippen molar-refractivity contribution in [2.24, 2.45) is 0 Å². The molecule has 14 heavy (non-hydrogen) atoms. The van der Waals surface area contributed by atoms with Crippen LogP contribution in [0.3, 0.4) is 0 Å². The number of hydrogen-bond donors (Lipinski definition) is 2. The molecule has 1 aromatic rings. The summed E-state index contributed by atoms with van der Waals surface area (Å²) in [5.41, 5.74) is 0. The predicted molar refractivity (Wildman–Crippen MR) is 42.5 cm³/mol. The van der Waals surface area contributed by atoms with E-state index in [2.05, 4.69) is 20.6 Å². The molecular weight excluding hydrogens is 190 g/mol. The van der Waals surface area contributed by atoms with Crippen LogP contribution in [0.1, 0.15) is 11.9 Å². The van der Waals surface area contributed by atoms with Crippen molar-refractivity contribution in [1.29, 1.82) is 0 Å². The van der Waals surface area contributed by atoms with E-state index in [4.69, 9.17) is 9.84 Å². The fourth-order valence-electron chi connectivity index (χ4n) is 1.36. The van der Waals surface area contributed by atoms with Crippen LogP contribution in [0.25, 0.3) is 0 Å². The maximum atomic E-state index is 10.8. The molecule has 1 fully saturated rings. The van der Waals surface area contributed by atoms with Crippen LogP contribution in [0, 0.1) is 0 Å². The van der Waals surface area contributed by atoms with Crippen LogP contribution in [0.5, 0.6) is 0 Å². The summed E-state index contributed by atoms with van der Waals surface area (Å²) < 4.78 is 5.16. The lowest BCUT2D eigenvalue weighted by Crippen LogP contribution is -2.43. The minimum atomic E-state index is -0.997. The van der Waals surface area contributed by atoms with Crippen LogP contribution in [0.2, 0.25) is 0 Å². The van der Waals surface area contributed by atoms with E-state index in [0.717, 1.165) is 0 Å². The van der Waals surface area contributed by atoms with Crippen molar-refractivity contribution in [2.45, 2.75) is 6.04 Å². The molecule has 1 aliphatic heterocycles. The summed E-state index contributed by atoms with van der Waals surface area (Å²) in [6.07, 6.45) is -0.997. The molecule has 0 radical (unpaired) electrons. The lowest BCUT2D eigenvalue weighted by Gasteiger charge is -2.30. The molecule has 8 heteroatoms. The molecule has 1 saturated heterocycles. The Hall–Kier alpha value is -1.70. The molecule has 2 rings (SSSR count). The van der Waals surface area contributed by atoms with Crippen molar-refractivity contribution < 1.29 is 14.6 Å². The number of carbonyl (C=O) groups is 1. The molecule has 0 bridgehead atoms. The SMILES string of the molecule is O=C(O)N1CCOCC1c1nn[nH]n1. The van der Waals surface area contributed by atoms with E-state index in [1.54, 1.807) is 0 Å². The first-order valence-corrected chi connectivity index (χ1v) is 4.09. The smallest absolute Gasteiger partial charge is 0.408 e. The molecular formula is C6H9N5O3. The molecule has 8 nitrogen and oxygen atoms in total. The Kier molecular flexibility index (Phi) is 2.27. The zero-order chi connectivity index (χ0) is 9.97. The monoisotopic (exact) mass is 199 g/mol. The summed E-state index contributed by atoms with van der Waals surface area (Å²) in [7, 11) is 0. The van der Waals surface area contributed by atoms with Crippen molar-refractivity contribution >= 4 is 6.09 Å². The second-order valence-corrected chi connectivity index (χ2v) is 2.84. The minimum Gasteiger partial charge on any atom is -0.465 e. The summed E-state index contributed by atoms with van der Waals surface area (Å²) in [4.78, 5) is 12.1. The van der Waals surface area contributed by atoms with E-state index in [1.807, 2.05) is 0 Å². The van der Waals surface area contributed by atoms with Gasteiger partial charge in [-0.2, -0.15) is 5.21 Å². The third-order valence-electron chi connectivity index (χ3n) is 2.03. The fourth-order valence-corrected chi connectivity index (χ4v) is 1.36. The van der Waals surface area contributed by atoms with Crippen LogP contribution < -0.4 is 0 Å². The third kappa shape index (κ3) is 1.51. The lowest BCUT2D eigenvalue weighted by molar-refractivity contribution is -0.00376. The van der Waals surface area contributed by atoms with Crippen LogP contribution in [0.4, 0.5) is 4.79 Å². The molecule has 0 aromatic carbocycles. The number of carboxylic acid groups (broad SMARTS) is 1. The number of morpholine rings is 1. The topological polar surface area (TPSA) is 104 Å². The van der Waals surface area contributed by atoms with Gasteiger partial charge in [-0.05, 0) is 0 Å². The van der Waals surface area contributed by atoms with Gasteiger partial charge in [0.1, 0.15) is 6.04 Å². The Morgan fingerprint density at radius 1 is 1.71 bits per heavy atom. The highest BCUT2D eigenvalue weighted by Gasteiger charge is 2.31. The van der Waals surface area contributed by atoms with Crippen molar-refractivity contribution in [3.05, 3.63) is 5.82 Å². The van der Waals surface area contributed by atoms with E-state index in [-0.39, 0.29) is 6.61 Å². The molecule has 1 amide bonds. The lowest BCUT2D eigenvalue weighted by atomic mass is 10.2. The van der Waals surface area contributed by atoms with Gasteiger partial charge >= 0.3 is 6.09 Å². The van der Waals surface area contributed by atoms with Gasteiger partial charge in [-0.25, -0.2) is 4.79 Å². The summed E-state index contributed by atoms with van der Waals surface area (Å²) in [5.74, 6) is 0.340. The number of tetrazole rings is 1. The van der Waals surface area contributed by atoms with Crippen LogP contribution >= 0.6 is 0 Å². The minimum absolute atomic E-state index is 0.270. The number of aromatic amines is 1. The molecule has 2 N–H and O–H groups in total. The largest absolute Gasteiger partial charge is 0.465 e. The standard InChI is InChI=1S/C6H9N5O3/c12-6(13)11-1-2-14-3-4(11)5-7-9-10-8-5/h4H,1-3H2,(H,12,13)(H,7,8,9,10). The van der Waals surface area contributed by atoms with E-state index in [1.165, 1.54) is 4.90 Å².